The van der Waals surface area contributed by atoms with Crippen LogP contribution in [0.4, 0.5) is 0 Å². The van der Waals surface area contributed by atoms with E-state index in [9.17, 15) is 0 Å². The van der Waals surface area contributed by atoms with Crippen LogP contribution in [0.25, 0.3) is 60.5 Å². The fourth-order valence-electron chi connectivity index (χ4n) is 5.01. The summed E-state index contributed by atoms with van der Waals surface area (Å²) in [4.78, 5) is 0. The average molecular weight is 578 g/mol. The Labute approximate surface area is 192 Å². The van der Waals surface area contributed by atoms with Gasteiger partial charge in [0.2, 0.25) is 0 Å². The molecule has 0 aliphatic rings. The molecule has 3 nitrogen and oxygen atoms in total. The Morgan fingerprint density at radius 3 is 2.32 bits per heavy atom. The molecule has 0 atom stereocenters. The first-order chi connectivity index (χ1) is 14.7. The number of hydrogen-bond donors (Lipinski definition) is 0. The van der Waals surface area contributed by atoms with E-state index in [1.165, 1.54) is 21.8 Å². The topological polar surface area (TPSA) is 21.4 Å². The standard InChI is InChI=1S/C27H17N2O.Ir/c1-16-13-14-20-25-27(30-26(20)23(16)22-12-5-6-15-28(22)2)19-10-7-9-18-17-8-3-4-11-21(17)29(25)24(18)19;/h3-15H,1-2H2;/q-1;. The monoisotopic (exact) mass is 578 g/mol. The van der Waals surface area contributed by atoms with Crippen molar-refractivity contribution in [2.45, 2.75) is 0 Å². The third kappa shape index (κ3) is 2.18. The van der Waals surface area contributed by atoms with Crippen LogP contribution in [0, 0.1) is 14.0 Å². The van der Waals surface area contributed by atoms with Crippen LogP contribution in [0.2, 0.25) is 0 Å². The van der Waals surface area contributed by atoms with Crippen LogP contribution in [0.5, 0.6) is 0 Å². The minimum absolute atomic E-state index is 0. The fraction of sp³-hybridized carbons (Fsp3) is 0. The molecular formula is C27H17IrN2O-. The van der Waals surface area contributed by atoms with Gasteiger partial charge in [0, 0.05) is 48.7 Å². The Morgan fingerprint density at radius 1 is 0.710 bits per heavy atom. The number of hydrogen-bond acceptors (Lipinski definition) is 1. The molecule has 151 valence electrons. The summed E-state index contributed by atoms with van der Waals surface area (Å²) in [5.74, 6) is 0. The van der Waals surface area contributed by atoms with Crippen LogP contribution in [0.1, 0.15) is 5.56 Å². The van der Waals surface area contributed by atoms with E-state index in [-0.39, 0.29) is 20.1 Å². The summed E-state index contributed by atoms with van der Waals surface area (Å²) >= 11 is 0. The zero-order valence-electron chi connectivity index (χ0n) is 16.6. The Bertz CT molecular complexity index is 1770. The van der Waals surface area contributed by atoms with E-state index in [0.717, 1.165) is 44.3 Å². The Hall–Kier alpha value is -3.46. The maximum absolute atomic E-state index is 6.61. The van der Waals surface area contributed by atoms with Crippen molar-refractivity contribution in [1.82, 2.24) is 4.40 Å². The fourth-order valence-corrected chi connectivity index (χ4v) is 5.01. The molecular weight excluding hydrogens is 561 g/mol. The van der Waals surface area contributed by atoms with Crippen LogP contribution in [0.15, 0.2) is 83.4 Å². The molecule has 4 heterocycles. The summed E-state index contributed by atoms with van der Waals surface area (Å²) < 4.78 is 10.8. The molecule has 0 saturated carbocycles. The Morgan fingerprint density at radius 2 is 1.45 bits per heavy atom. The van der Waals surface area contributed by atoms with E-state index in [4.69, 9.17) is 4.42 Å². The van der Waals surface area contributed by atoms with Crippen molar-refractivity contribution in [3.8, 4) is 11.3 Å². The molecule has 0 spiro atoms. The van der Waals surface area contributed by atoms with Crippen LogP contribution < -0.4 is 4.57 Å². The molecule has 0 fully saturated rings. The van der Waals surface area contributed by atoms with Crippen LogP contribution in [-0.2, 0) is 20.1 Å². The summed E-state index contributed by atoms with van der Waals surface area (Å²) in [6.45, 7) is 4.29. The van der Waals surface area contributed by atoms with Gasteiger partial charge < -0.3 is 13.4 Å². The number of nitrogens with zero attached hydrogens (tertiary/aromatic N) is 2. The molecule has 4 heteroatoms. The SMILES string of the molecule is [CH2-]c1ccc2c(oc3c4cccc5c6ccccc6n(c54)c23)c1-c1cccc[n+]1[CH2-].[Ir]. The van der Waals surface area contributed by atoms with Gasteiger partial charge >= 0.3 is 0 Å². The van der Waals surface area contributed by atoms with Crippen LogP contribution in [-0.4, -0.2) is 4.40 Å². The molecule has 0 N–H and O–H groups in total. The molecule has 0 aliphatic heterocycles. The number of aromatic nitrogens is 2. The minimum Gasteiger partial charge on any atom is -0.467 e. The molecule has 1 radical (unpaired) electrons. The molecule has 0 unspecified atom stereocenters. The number of furan rings is 1. The van der Waals surface area contributed by atoms with Crippen molar-refractivity contribution in [3.63, 3.8) is 0 Å². The number of rotatable bonds is 1. The Kier molecular flexibility index (Phi) is 3.71. The summed E-state index contributed by atoms with van der Waals surface area (Å²) in [5.41, 5.74) is 8.22. The normalized spacial score (nSPS) is 11.9. The summed E-state index contributed by atoms with van der Waals surface area (Å²) in [6, 6.07) is 25.3. The molecule has 4 aromatic heterocycles. The first-order valence-electron chi connectivity index (χ1n) is 10.0. The quantitative estimate of drug-likeness (QED) is 0.165. The van der Waals surface area contributed by atoms with Gasteiger partial charge in [0.05, 0.1) is 34.0 Å². The van der Waals surface area contributed by atoms with Gasteiger partial charge in [0.25, 0.3) is 0 Å². The third-order valence-corrected chi connectivity index (χ3v) is 6.28. The van der Waals surface area contributed by atoms with Gasteiger partial charge in [-0.3, -0.25) is 0 Å². The summed E-state index contributed by atoms with van der Waals surface area (Å²) in [5, 5.41) is 4.76. The molecule has 0 aliphatic carbocycles. The van der Waals surface area contributed by atoms with Gasteiger partial charge in [-0.2, -0.15) is 18.6 Å². The first kappa shape index (κ1) is 18.3. The van der Waals surface area contributed by atoms with Crippen molar-refractivity contribution >= 4 is 49.3 Å². The Balaban J connectivity index is 0.00000185. The van der Waals surface area contributed by atoms with Crippen molar-refractivity contribution in [3.05, 3.63) is 98.5 Å². The molecule has 7 rings (SSSR count). The van der Waals surface area contributed by atoms with Gasteiger partial charge in [-0.05, 0) is 12.1 Å². The second-order valence-electron chi connectivity index (χ2n) is 7.87. The zero-order chi connectivity index (χ0) is 20.0. The van der Waals surface area contributed by atoms with Crippen molar-refractivity contribution in [1.29, 1.82) is 0 Å². The van der Waals surface area contributed by atoms with E-state index in [2.05, 4.69) is 79.0 Å². The maximum Gasteiger partial charge on any atom is 0.159 e. The van der Waals surface area contributed by atoms with E-state index in [1.807, 2.05) is 22.9 Å². The minimum atomic E-state index is 0. The predicted octanol–water partition coefficient (Wildman–Crippen LogP) is 6.36. The second kappa shape index (κ2) is 6.27. The van der Waals surface area contributed by atoms with Crippen molar-refractivity contribution in [2.75, 3.05) is 0 Å². The molecule has 0 bridgehead atoms. The smallest absolute Gasteiger partial charge is 0.159 e. The van der Waals surface area contributed by atoms with Gasteiger partial charge in [-0.25, -0.2) is 0 Å². The van der Waals surface area contributed by atoms with Gasteiger partial charge in [0.15, 0.2) is 5.58 Å². The van der Waals surface area contributed by atoms with Crippen molar-refractivity contribution < 1.29 is 29.1 Å². The van der Waals surface area contributed by atoms with Gasteiger partial charge in [0.1, 0.15) is 0 Å². The number of fused-ring (bicyclic) bond motifs is 8. The number of pyridine rings is 1. The number of benzene rings is 3. The molecule has 31 heavy (non-hydrogen) atoms. The van der Waals surface area contributed by atoms with Crippen LogP contribution in [0.3, 0.4) is 0 Å². The molecule has 0 amide bonds. The van der Waals surface area contributed by atoms with E-state index < -0.39 is 0 Å². The van der Waals surface area contributed by atoms with E-state index in [1.54, 1.807) is 0 Å². The molecule has 7 aromatic rings. The second-order valence-corrected chi connectivity index (χ2v) is 7.87. The zero-order valence-corrected chi connectivity index (χ0v) is 19.0. The largest absolute Gasteiger partial charge is 0.467 e. The summed E-state index contributed by atoms with van der Waals surface area (Å²) in [7, 11) is 4.15. The van der Waals surface area contributed by atoms with Gasteiger partial charge in [-0.1, -0.05) is 54.1 Å². The summed E-state index contributed by atoms with van der Waals surface area (Å²) in [6.07, 6.45) is 1.95. The number of para-hydroxylation sites is 2. The molecule has 0 saturated heterocycles. The first-order valence-corrected chi connectivity index (χ1v) is 10.0. The average Bonchev–Trinajstić information content (AvgIpc) is 3.40. The van der Waals surface area contributed by atoms with Crippen molar-refractivity contribution in [2.24, 2.45) is 0 Å². The van der Waals surface area contributed by atoms with E-state index >= 15 is 0 Å². The predicted molar refractivity (Wildman–Crippen MR) is 122 cm³/mol. The molecule has 3 aromatic carbocycles. The van der Waals surface area contributed by atoms with Crippen LogP contribution >= 0.6 is 0 Å². The van der Waals surface area contributed by atoms with Gasteiger partial charge in [-0.15, -0.1) is 6.07 Å². The maximum atomic E-state index is 6.61. The third-order valence-electron chi connectivity index (χ3n) is 6.28. The van der Waals surface area contributed by atoms with E-state index in [0.29, 0.717) is 0 Å².